The van der Waals surface area contributed by atoms with Gasteiger partial charge >= 0.3 is 0 Å². The maximum atomic E-state index is 11.9. The maximum Gasteiger partial charge on any atom is 0.202 e. The lowest BCUT2D eigenvalue weighted by molar-refractivity contribution is 0.0881. The fourth-order valence-electron chi connectivity index (χ4n) is 1.03. The number of Topliss-reactive ketones (excluding diaryl/α,β-unsaturated/α-hetero) is 1. The number of imidazole rings is 1. The summed E-state index contributed by atoms with van der Waals surface area (Å²) in [5.74, 6) is -0.0260. The Balaban J connectivity index is 3.07. The van der Waals surface area contributed by atoms with E-state index < -0.39 is 5.54 Å². The highest BCUT2D eigenvalue weighted by Gasteiger charge is 2.29. The van der Waals surface area contributed by atoms with Crippen molar-refractivity contribution >= 4 is 17.4 Å². The second-order valence-corrected chi connectivity index (χ2v) is 4.01. The first-order valence-corrected chi connectivity index (χ1v) is 4.69. The minimum absolute atomic E-state index is 0.0260. The number of halogens is 1. The molecule has 1 rings (SSSR count). The highest BCUT2D eigenvalue weighted by Crippen LogP contribution is 2.15. The zero-order chi connectivity index (χ0) is 10.9. The van der Waals surface area contributed by atoms with Crippen molar-refractivity contribution in [1.29, 1.82) is 0 Å². The quantitative estimate of drug-likeness (QED) is 0.773. The summed E-state index contributed by atoms with van der Waals surface area (Å²) in [6, 6.07) is 0. The van der Waals surface area contributed by atoms with E-state index in [4.69, 9.17) is 11.6 Å². The number of hydrogen-bond acceptors (Lipinski definition) is 3. The maximum absolute atomic E-state index is 11.9. The molecule has 0 amide bonds. The summed E-state index contributed by atoms with van der Waals surface area (Å²) in [5.41, 5.74) is -0.0914. The summed E-state index contributed by atoms with van der Waals surface area (Å²) < 4.78 is 1.57. The fraction of sp³-hybridized carbons (Fsp3) is 0.556. The van der Waals surface area contributed by atoms with Crippen LogP contribution in [-0.4, -0.2) is 27.9 Å². The minimum atomic E-state index is -0.600. The Kier molecular flexibility index (Phi) is 2.97. The lowest BCUT2D eigenvalue weighted by Crippen LogP contribution is -2.45. The number of nitrogens with one attached hydrogen (secondary N) is 1. The zero-order valence-corrected chi connectivity index (χ0v) is 9.51. The molecule has 0 spiro atoms. The van der Waals surface area contributed by atoms with Gasteiger partial charge in [-0.15, -0.1) is 0 Å². The molecule has 0 unspecified atom stereocenters. The van der Waals surface area contributed by atoms with Gasteiger partial charge in [0.15, 0.2) is 5.78 Å². The Bertz CT molecular complexity index is 357. The number of nitrogens with zero attached hydrogens (tertiary/aromatic N) is 2. The van der Waals surface area contributed by atoms with Gasteiger partial charge in [0.25, 0.3) is 0 Å². The molecule has 1 aromatic heterocycles. The molecule has 1 N–H and O–H groups in total. The molecule has 1 aromatic rings. The van der Waals surface area contributed by atoms with Gasteiger partial charge in [0.05, 0.1) is 11.7 Å². The van der Waals surface area contributed by atoms with Crippen LogP contribution >= 0.6 is 11.6 Å². The van der Waals surface area contributed by atoms with Crippen LogP contribution < -0.4 is 5.32 Å². The molecule has 5 heteroatoms. The van der Waals surface area contributed by atoms with Crippen molar-refractivity contribution < 1.29 is 4.79 Å². The van der Waals surface area contributed by atoms with E-state index in [0.29, 0.717) is 11.0 Å². The molecule has 0 radical (unpaired) electrons. The summed E-state index contributed by atoms with van der Waals surface area (Å²) in [5, 5.41) is 3.26. The molecule has 0 aliphatic carbocycles. The van der Waals surface area contributed by atoms with Crippen molar-refractivity contribution in [3.05, 3.63) is 17.2 Å². The summed E-state index contributed by atoms with van der Waals surface area (Å²) in [6.07, 6.45) is 1.49. The standard InChI is InChI=1S/C9H14ClN3O/c1-9(2,11-3)7(14)6-5-12-8(10)13(6)4/h5,11H,1-4H3. The average Bonchev–Trinajstić information content (AvgIpc) is 2.47. The fourth-order valence-corrected chi connectivity index (χ4v) is 1.17. The average molecular weight is 216 g/mol. The van der Waals surface area contributed by atoms with E-state index in [-0.39, 0.29) is 5.78 Å². The SMILES string of the molecule is CNC(C)(C)C(=O)c1cnc(Cl)n1C. The molecule has 78 valence electrons. The summed E-state index contributed by atoms with van der Waals surface area (Å²) in [4.78, 5) is 15.8. The van der Waals surface area contributed by atoms with Gasteiger partial charge in [-0.1, -0.05) is 0 Å². The molecule has 0 atom stereocenters. The molecule has 0 aliphatic heterocycles. The molecule has 0 fully saturated rings. The summed E-state index contributed by atoms with van der Waals surface area (Å²) in [7, 11) is 3.46. The van der Waals surface area contributed by atoms with E-state index in [1.54, 1.807) is 18.7 Å². The van der Waals surface area contributed by atoms with E-state index in [1.807, 2.05) is 13.8 Å². The first-order chi connectivity index (χ1) is 6.40. The molecule has 14 heavy (non-hydrogen) atoms. The number of carbonyl (C=O) groups excluding carboxylic acids is 1. The number of hydrogen-bond donors (Lipinski definition) is 1. The van der Waals surface area contributed by atoms with Crippen molar-refractivity contribution in [2.75, 3.05) is 7.05 Å². The predicted octanol–water partition coefficient (Wildman–Crippen LogP) is 1.25. The summed E-state index contributed by atoms with van der Waals surface area (Å²) in [6.45, 7) is 3.63. The van der Waals surface area contributed by atoms with E-state index in [9.17, 15) is 4.79 Å². The van der Waals surface area contributed by atoms with Crippen molar-refractivity contribution in [1.82, 2.24) is 14.9 Å². The van der Waals surface area contributed by atoms with E-state index in [2.05, 4.69) is 10.3 Å². The Morgan fingerprint density at radius 1 is 1.64 bits per heavy atom. The highest BCUT2D eigenvalue weighted by molar-refractivity contribution is 6.28. The van der Waals surface area contributed by atoms with Crippen LogP contribution in [0.1, 0.15) is 24.3 Å². The molecular weight excluding hydrogens is 202 g/mol. The second kappa shape index (κ2) is 3.71. The first-order valence-electron chi connectivity index (χ1n) is 4.31. The van der Waals surface area contributed by atoms with Gasteiger partial charge in [0.1, 0.15) is 5.69 Å². The molecule has 0 aromatic carbocycles. The minimum Gasteiger partial charge on any atom is -0.315 e. The number of rotatable bonds is 3. The zero-order valence-electron chi connectivity index (χ0n) is 8.76. The normalized spacial score (nSPS) is 11.8. The largest absolute Gasteiger partial charge is 0.315 e. The van der Waals surface area contributed by atoms with Gasteiger partial charge in [-0.25, -0.2) is 4.98 Å². The van der Waals surface area contributed by atoms with Crippen LogP contribution in [0.15, 0.2) is 6.20 Å². The molecule has 0 aliphatic rings. The monoisotopic (exact) mass is 215 g/mol. The first kappa shape index (κ1) is 11.2. The van der Waals surface area contributed by atoms with Gasteiger partial charge in [-0.05, 0) is 32.5 Å². The number of ketones is 1. The van der Waals surface area contributed by atoms with Crippen LogP contribution in [0.3, 0.4) is 0 Å². The van der Waals surface area contributed by atoms with E-state index >= 15 is 0 Å². The third kappa shape index (κ3) is 1.81. The third-order valence-electron chi connectivity index (χ3n) is 2.36. The van der Waals surface area contributed by atoms with Gasteiger partial charge in [-0.2, -0.15) is 0 Å². The number of aromatic nitrogens is 2. The second-order valence-electron chi connectivity index (χ2n) is 3.68. The Hall–Kier alpha value is -0.870. The molecule has 1 heterocycles. The Morgan fingerprint density at radius 2 is 2.21 bits per heavy atom. The van der Waals surface area contributed by atoms with Crippen molar-refractivity contribution in [2.24, 2.45) is 7.05 Å². The van der Waals surface area contributed by atoms with Crippen LogP contribution in [0.5, 0.6) is 0 Å². The number of carbonyl (C=O) groups is 1. The predicted molar refractivity (Wildman–Crippen MR) is 55.7 cm³/mol. The lowest BCUT2D eigenvalue weighted by Gasteiger charge is -2.21. The van der Waals surface area contributed by atoms with Crippen molar-refractivity contribution in [3.63, 3.8) is 0 Å². The molecule has 0 bridgehead atoms. The van der Waals surface area contributed by atoms with Gasteiger partial charge < -0.3 is 9.88 Å². The Morgan fingerprint density at radius 3 is 2.57 bits per heavy atom. The Labute approximate surface area is 88.3 Å². The van der Waals surface area contributed by atoms with Crippen LogP contribution in [0.2, 0.25) is 5.28 Å². The van der Waals surface area contributed by atoms with Crippen LogP contribution in [0, 0.1) is 0 Å². The van der Waals surface area contributed by atoms with Crippen LogP contribution in [0.25, 0.3) is 0 Å². The molecule has 0 saturated heterocycles. The smallest absolute Gasteiger partial charge is 0.202 e. The topological polar surface area (TPSA) is 46.9 Å². The van der Waals surface area contributed by atoms with Gasteiger partial charge in [0, 0.05) is 7.05 Å². The lowest BCUT2D eigenvalue weighted by atomic mass is 9.97. The van der Waals surface area contributed by atoms with E-state index in [1.165, 1.54) is 6.20 Å². The van der Waals surface area contributed by atoms with Crippen LogP contribution in [0.4, 0.5) is 0 Å². The van der Waals surface area contributed by atoms with Gasteiger partial charge in [-0.3, -0.25) is 4.79 Å². The molecular formula is C9H14ClN3O. The van der Waals surface area contributed by atoms with E-state index in [0.717, 1.165) is 0 Å². The molecule has 0 saturated carbocycles. The van der Waals surface area contributed by atoms with Crippen molar-refractivity contribution in [2.45, 2.75) is 19.4 Å². The highest BCUT2D eigenvalue weighted by atomic mass is 35.5. The van der Waals surface area contributed by atoms with Crippen molar-refractivity contribution in [3.8, 4) is 0 Å². The summed E-state index contributed by atoms with van der Waals surface area (Å²) >= 11 is 5.75. The van der Waals surface area contributed by atoms with Gasteiger partial charge in [0.2, 0.25) is 5.28 Å². The van der Waals surface area contributed by atoms with Crippen LogP contribution in [-0.2, 0) is 7.05 Å². The molecule has 4 nitrogen and oxygen atoms in total. The third-order valence-corrected chi connectivity index (χ3v) is 2.71. The number of likely N-dealkylation sites (N-methyl/N-ethyl adjacent to an activating group) is 1.